The van der Waals surface area contributed by atoms with E-state index in [-0.39, 0.29) is 29.2 Å². The Bertz CT molecular complexity index is 512. The molecule has 0 saturated heterocycles. The Morgan fingerprint density at radius 1 is 1.40 bits per heavy atom. The second kappa shape index (κ2) is 6.69. The van der Waals surface area contributed by atoms with Crippen LogP contribution in [0.5, 0.6) is 0 Å². The topological polar surface area (TPSA) is 91.3 Å². The lowest BCUT2D eigenvalue weighted by Gasteiger charge is -2.20. The first kappa shape index (κ1) is 16.4. The molecule has 0 unspecified atom stereocenters. The van der Waals surface area contributed by atoms with Crippen molar-refractivity contribution in [1.82, 2.24) is 10.3 Å². The second-order valence-electron chi connectivity index (χ2n) is 5.33. The molecule has 1 amide bonds. The van der Waals surface area contributed by atoms with E-state index in [0.717, 1.165) is 0 Å². The van der Waals surface area contributed by atoms with Crippen molar-refractivity contribution >= 4 is 33.6 Å². The molecule has 0 aliphatic heterocycles. The zero-order chi connectivity index (χ0) is 15.3. The highest BCUT2D eigenvalue weighted by molar-refractivity contribution is 9.10. The Kier molecular flexibility index (Phi) is 5.50. The van der Waals surface area contributed by atoms with E-state index in [9.17, 15) is 9.59 Å². The molecule has 1 heterocycles. The Balaban J connectivity index is 2.58. The van der Waals surface area contributed by atoms with Gasteiger partial charge in [-0.25, -0.2) is 9.78 Å². The number of nitrogens with one attached hydrogen (secondary N) is 2. The number of aromatic carboxylic acids is 1. The molecule has 0 aliphatic rings. The lowest BCUT2D eigenvalue weighted by Crippen LogP contribution is -2.41. The lowest BCUT2D eigenvalue weighted by molar-refractivity contribution is -0.122. The van der Waals surface area contributed by atoms with Gasteiger partial charge in [0, 0.05) is 29.2 Å². The zero-order valence-corrected chi connectivity index (χ0v) is 13.2. The van der Waals surface area contributed by atoms with Crippen LogP contribution in [0.3, 0.4) is 0 Å². The zero-order valence-electron chi connectivity index (χ0n) is 11.7. The van der Waals surface area contributed by atoms with Gasteiger partial charge in [0.05, 0.1) is 0 Å². The standard InChI is InChI=1S/C13H18BrN3O3/c1-13(2,3)17-10(18)4-5-15-11-9(12(19)20)6-8(14)7-16-11/h6-7H,4-5H2,1-3H3,(H,15,16)(H,17,18)(H,19,20). The third-order valence-corrected chi connectivity index (χ3v) is 2.68. The van der Waals surface area contributed by atoms with Gasteiger partial charge in [0.1, 0.15) is 11.4 Å². The van der Waals surface area contributed by atoms with E-state index in [1.807, 2.05) is 20.8 Å². The van der Waals surface area contributed by atoms with E-state index in [1.165, 1.54) is 12.3 Å². The average Bonchev–Trinajstić information content (AvgIpc) is 2.28. The van der Waals surface area contributed by atoms with Crippen LogP contribution in [0, 0.1) is 0 Å². The number of hydrogen-bond acceptors (Lipinski definition) is 4. The maximum atomic E-state index is 11.6. The molecule has 0 radical (unpaired) electrons. The van der Waals surface area contributed by atoms with Crippen molar-refractivity contribution in [2.75, 3.05) is 11.9 Å². The third kappa shape index (κ3) is 5.56. The van der Waals surface area contributed by atoms with Crippen molar-refractivity contribution < 1.29 is 14.7 Å². The van der Waals surface area contributed by atoms with Crippen LogP contribution >= 0.6 is 15.9 Å². The molecule has 0 saturated carbocycles. The highest BCUT2D eigenvalue weighted by Gasteiger charge is 2.15. The van der Waals surface area contributed by atoms with Gasteiger partial charge in [-0.05, 0) is 42.8 Å². The first-order valence-electron chi connectivity index (χ1n) is 6.13. The van der Waals surface area contributed by atoms with Gasteiger partial charge in [-0.3, -0.25) is 4.79 Å². The van der Waals surface area contributed by atoms with Crippen molar-refractivity contribution in [2.24, 2.45) is 0 Å². The Morgan fingerprint density at radius 3 is 2.60 bits per heavy atom. The van der Waals surface area contributed by atoms with Crippen molar-refractivity contribution in [3.63, 3.8) is 0 Å². The molecule has 6 nitrogen and oxygen atoms in total. The maximum absolute atomic E-state index is 11.6. The Labute approximate surface area is 126 Å². The van der Waals surface area contributed by atoms with Gasteiger partial charge in [0.25, 0.3) is 0 Å². The number of carboxylic acid groups (broad SMARTS) is 1. The largest absolute Gasteiger partial charge is 0.478 e. The predicted molar refractivity (Wildman–Crippen MR) is 79.9 cm³/mol. The minimum absolute atomic E-state index is 0.0654. The molecule has 7 heteroatoms. The fourth-order valence-corrected chi connectivity index (χ4v) is 1.85. The smallest absolute Gasteiger partial charge is 0.339 e. The number of carboxylic acids is 1. The van der Waals surface area contributed by atoms with Crippen molar-refractivity contribution in [2.45, 2.75) is 32.7 Å². The van der Waals surface area contributed by atoms with Gasteiger partial charge in [0.15, 0.2) is 0 Å². The van der Waals surface area contributed by atoms with E-state index >= 15 is 0 Å². The summed E-state index contributed by atoms with van der Waals surface area (Å²) in [4.78, 5) is 26.7. The van der Waals surface area contributed by atoms with E-state index in [0.29, 0.717) is 11.0 Å². The summed E-state index contributed by atoms with van der Waals surface area (Å²) in [5.41, 5.74) is -0.213. The number of rotatable bonds is 5. The quantitative estimate of drug-likeness (QED) is 0.762. The SMILES string of the molecule is CC(C)(C)NC(=O)CCNc1ncc(Br)cc1C(=O)O. The van der Waals surface area contributed by atoms with E-state index in [2.05, 4.69) is 31.5 Å². The number of hydrogen-bond donors (Lipinski definition) is 3. The Morgan fingerprint density at radius 2 is 2.05 bits per heavy atom. The van der Waals surface area contributed by atoms with Gasteiger partial charge in [-0.1, -0.05) is 0 Å². The molecule has 1 aromatic rings. The van der Waals surface area contributed by atoms with Crippen LogP contribution in [0.25, 0.3) is 0 Å². The number of amides is 1. The summed E-state index contributed by atoms with van der Waals surface area (Å²) in [6, 6.07) is 1.47. The molecule has 0 bridgehead atoms. The molecule has 3 N–H and O–H groups in total. The van der Waals surface area contributed by atoms with Gasteiger partial charge in [-0.15, -0.1) is 0 Å². The molecular formula is C13H18BrN3O3. The molecule has 1 rings (SSSR count). The van der Waals surface area contributed by atoms with Crippen LogP contribution in [0.2, 0.25) is 0 Å². The maximum Gasteiger partial charge on any atom is 0.339 e. The average molecular weight is 344 g/mol. The summed E-state index contributed by atoms with van der Waals surface area (Å²) in [5.74, 6) is -0.913. The first-order valence-corrected chi connectivity index (χ1v) is 6.92. The highest BCUT2D eigenvalue weighted by Crippen LogP contribution is 2.17. The van der Waals surface area contributed by atoms with E-state index in [4.69, 9.17) is 5.11 Å². The fourth-order valence-electron chi connectivity index (χ4n) is 1.52. The molecule has 20 heavy (non-hydrogen) atoms. The summed E-state index contributed by atoms with van der Waals surface area (Å²) in [6.45, 7) is 6.02. The summed E-state index contributed by atoms with van der Waals surface area (Å²) >= 11 is 3.17. The number of anilines is 1. The number of carbonyl (C=O) groups excluding carboxylic acids is 1. The van der Waals surface area contributed by atoms with Gasteiger partial charge >= 0.3 is 5.97 Å². The molecule has 0 fully saturated rings. The molecule has 0 spiro atoms. The van der Waals surface area contributed by atoms with Crippen LogP contribution < -0.4 is 10.6 Å². The van der Waals surface area contributed by atoms with Crippen LogP contribution in [-0.4, -0.2) is 34.1 Å². The Hall–Kier alpha value is -1.63. The molecule has 1 aromatic heterocycles. The molecule has 0 aliphatic carbocycles. The van der Waals surface area contributed by atoms with Gasteiger partial charge in [-0.2, -0.15) is 0 Å². The summed E-state index contributed by atoms with van der Waals surface area (Å²) in [5, 5.41) is 14.8. The fraction of sp³-hybridized carbons (Fsp3) is 0.462. The second-order valence-corrected chi connectivity index (χ2v) is 6.25. The number of aromatic nitrogens is 1. The number of nitrogens with zero attached hydrogens (tertiary/aromatic N) is 1. The molecular weight excluding hydrogens is 326 g/mol. The summed E-state index contributed by atoms with van der Waals surface area (Å²) in [7, 11) is 0. The van der Waals surface area contributed by atoms with Crippen molar-refractivity contribution in [1.29, 1.82) is 0 Å². The van der Waals surface area contributed by atoms with Crippen molar-refractivity contribution in [3.8, 4) is 0 Å². The third-order valence-electron chi connectivity index (χ3n) is 2.24. The number of halogens is 1. The van der Waals surface area contributed by atoms with Crippen molar-refractivity contribution in [3.05, 3.63) is 22.3 Å². The normalized spacial score (nSPS) is 11.0. The molecule has 110 valence electrons. The summed E-state index contributed by atoms with van der Waals surface area (Å²) in [6.07, 6.45) is 1.75. The molecule has 0 aromatic carbocycles. The van der Waals surface area contributed by atoms with E-state index < -0.39 is 5.97 Å². The van der Waals surface area contributed by atoms with Crippen LogP contribution in [0.4, 0.5) is 5.82 Å². The highest BCUT2D eigenvalue weighted by atomic mass is 79.9. The van der Waals surface area contributed by atoms with E-state index in [1.54, 1.807) is 0 Å². The number of carbonyl (C=O) groups is 2. The van der Waals surface area contributed by atoms with Gasteiger partial charge in [0.2, 0.25) is 5.91 Å². The van der Waals surface area contributed by atoms with Gasteiger partial charge < -0.3 is 15.7 Å². The first-order chi connectivity index (χ1) is 9.19. The minimum Gasteiger partial charge on any atom is -0.478 e. The lowest BCUT2D eigenvalue weighted by atomic mass is 10.1. The number of pyridine rings is 1. The molecule has 0 atom stereocenters. The van der Waals surface area contributed by atoms with Crippen LogP contribution in [0.1, 0.15) is 37.6 Å². The van der Waals surface area contributed by atoms with Crippen LogP contribution in [-0.2, 0) is 4.79 Å². The predicted octanol–water partition coefficient (Wildman–Crippen LogP) is 2.26. The summed E-state index contributed by atoms with van der Waals surface area (Å²) < 4.78 is 0.589. The monoisotopic (exact) mass is 343 g/mol. The van der Waals surface area contributed by atoms with Crippen LogP contribution in [0.15, 0.2) is 16.7 Å². The minimum atomic E-state index is -1.07.